The van der Waals surface area contributed by atoms with Gasteiger partial charge in [0.1, 0.15) is 11.6 Å². The molecule has 0 fully saturated rings. The number of halogens is 3. The lowest BCUT2D eigenvalue weighted by Crippen LogP contribution is -2.16. The second-order valence-electron chi connectivity index (χ2n) is 5.61. The zero-order valence-corrected chi connectivity index (χ0v) is 16.7. The Labute approximate surface area is 178 Å². The molecule has 0 spiro atoms. The molecule has 164 valence electrons. The molecule has 0 aromatic heterocycles. The van der Waals surface area contributed by atoms with Crippen molar-refractivity contribution in [1.29, 1.82) is 5.41 Å². The average Bonchev–Trinajstić information content (AvgIpc) is 2.75. The first-order chi connectivity index (χ1) is 14.8. The summed E-state index contributed by atoms with van der Waals surface area (Å²) in [5.74, 6) is -0.0210. The Morgan fingerprint density at radius 3 is 2.23 bits per heavy atom. The quantitative estimate of drug-likeness (QED) is 0.272. The van der Waals surface area contributed by atoms with E-state index in [0.29, 0.717) is 30.1 Å². The number of nitrogens with zero attached hydrogens (tertiary/aromatic N) is 1. The van der Waals surface area contributed by atoms with Crippen LogP contribution in [0.5, 0.6) is 5.75 Å². The standard InChI is InChI=1S/C19H16F3N3O.C3H6O2/c20-19(21,22)26-17-10-8-14(9-11-17)16(7-4-12-23)13-25-18(24)15-5-2-1-3-6-15;1-2-5-3-4/h1-13,23H,(H2,24,25);3H,2H2,1H3/b7-4-,16-13+,23-12?;. The van der Waals surface area contributed by atoms with Crippen LogP contribution in [0.3, 0.4) is 0 Å². The number of allylic oxidation sites excluding steroid dienone is 3. The van der Waals surface area contributed by atoms with Gasteiger partial charge in [0.25, 0.3) is 6.47 Å². The number of carbonyl (C=O) groups excluding carboxylic acids is 1. The number of alkyl halides is 3. The van der Waals surface area contributed by atoms with Gasteiger partial charge >= 0.3 is 6.36 Å². The molecule has 0 aliphatic heterocycles. The number of ether oxygens (including phenoxy) is 2. The molecule has 2 rings (SSSR count). The Morgan fingerprint density at radius 2 is 1.74 bits per heavy atom. The normalized spacial score (nSPS) is 12.0. The van der Waals surface area contributed by atoms with E-state index in [9.17, 15) is 18.0 Å². The molecule has 0 bridgehead atoms. The largest absolute Gasteiger partial charge is 0.573 e. The lowest BCUT2D eigenvalue weighted by Gasteiger charge is -2.09. The van der Waals surface area contributed by atoms with Crippen LogP contribution in [-0.4, -0.2) is 31.5 Å². The summed E-state index contributed by atoms with van der Waals surface area (Å²) in [4.78, 5) is 13.4. The molecule has 9 heteroatoms. The molecule has 0 saturated carbocycles. The van der Waals surface area contributed by atoms with E-state index in [2.05, 4.69) is 14.5 Å². The number of benzene rings is 2. The molecule has 0 aliphatic rings. The van der Waals surface area contributed by atoms with Gasteiger partial charge in [-0.15, -0.1) is 13.2 Å². The fourth-order valence-corrected chi connectivity index (χ4v) is 2.11. The summed E-state index contributed by atoms with van der Waals surface area (Å²) in [6.07, 6.45) is 0.907. The summed E-state index contributed by atoms with van der Waals surface area (Å²) >= 11 is 0. The van der Waals surface area contributed by atoms with Crippen molar-refractivity contribution in [1.82, 2.24) is 0 Å². The molecular weight excluding hydrogens is 411 g/mol. The minimum absolute atomic E-state index is 0.295. The van der Waals surface area contributed by atoms with E-state index in [1.165, 1.54) is 36.5 Å². The molecule has 31 heavy (non-hydrogen) atoms. The van der Waals surface area contributed by atoms with E-state index in [4.69, 9.17) is 11.1 Å². The zero-order chi connectivity index (χ0) is 23.1. The number of amidine groups is 1. The van der Waals surface area contributed by atoms with E-state index in [-0.39, 0.29) is 5.75 Å². The van der Waals surface area contributed by atoms with Gasteiger partial charge < -0.3 is 20.6 Å². The van der Waals surface area contributed by atoms with Crippen molar-refractivity contribution in [3.05, 3.63) is 84.1 Å². The average molecular weight is 433 g/mol. The second-order valence-corrected chi connectivity index (χ2v) is 5.61. The van der Waals surface area contributed by atoms with Crippen molar-refractivity contribution in [2.45, 2.75) is 13.3 Å². The molecule has 0 unspecified atom stereocenters. The molecule has 0 radical (unpaired) electrons. The van der Waals surface area contributed by atoms with Gasteiger partial charge in [-0.25, -0.2) is 4.99 Å². The third-order valence-corrected chi connectivity index (χ3v) is 3.44. The molecule has 2 aromatic carbocycles. The highest BCUT2D eigenvalue weighted by Crippen LogP contribution is 2.25. The van der Waals surface area contributed by atoms with Crippen molar-refractivity contribution in [2.24, 2.45) is 10.7 Å². The number of rotatable bonds is 8. The van der Waals surface area contributed by atoms with Gasteiger partial charge in [0.05, 0.1) is 6.61 Å². The van der Waals surface area contributed by atoms with Crippen LogP contribution in [0.2, 0.25) is 0 Å². The molecule has 0 amide bonds. The number of nitrogens with one attached hydrogen (secondary N) is 1. The van der Waals surface area contributed by atoms with Crippen LogP contribution in [0.1, 0.15) is 18.1 Å². The highest BCUT2D eigenvalue weighted by molar-refractivity contribution is 5.98. The first-order valence-electron chi connectivity index (χ1n) is 8.98. The molecule has 6 nitrogen and oxygen atoms in total. The monoisotopic (exact) mass is 433 g/mol. The maximum absolute atomic E-state index is 12.2. The number of hydrogen-bond acceptors (Lipinski definition) is 5. The third-order valence-electron chi connectivity index (χ3n) is 3.44. The number of hydrogen-bond donors (Lipinski definition) is 2. The Hall–Kier alpha value is -3.88. The fourth-order valence-electron chi connectivity index (χ4n) is 2.11. The third kappa shape index (κ3) is 10.5. The van der Waals surface area contributed by atoms with Gasteiger partial charge in [0.15, 0.2) is 0 Å². The second kappa shape index (κ2) is 13.4. The van der Waals surface area contributed by atoms with Gasteiger partial charge in [-0.1, -0.05) is 48.5 Å². The lowest BCUT2D eigenvalue weighted by molar-refractivity contribution is -0.274. The molecule has 0 heterocycles. The summed E-state index contributed by atoms with van der Waals surface area (Å²) in [6.45, 7) is 2.66. The van der Waals surface area contributed by atoms with E-state index < -0.39 is 6.36 Å². The molecule has 0 aliphatic carbocycles. The van der Waals surface area contributed by atoms with Crippen molar-refractivity contribution in [3.63, 3.8) is 0 Å². The summed E-state index contributed by atoms with van der Waals surface area (Å²) in [5, 5.41) is 7.10. The van der Waals surface area contributed by atoms with Crippen LogP contribution >= 0.6 is 0 Å². The Kier molecular flexibility index (Phi) is 10.8. The predicted octanol–water partition coefficient (Wildman–Crippen LogP) is 4.72. The van der Waals surface area contributed by atoms with E-state index in [1.54, 1.807) is 13.0 Å². The summed E-state index contributed by atoms with van der Waals surface area (Å²) in [6, 6.07) is 14.5. The number of carbonyl (C=O) groups is 1. The van der Waals surface area contributed by atoms with Gasteiger partial charge in [-0.3, -0.25) is 4.79 Å². The van der Waals surface area contributed by atoms with Crippen LogP contribution in [0.4, 0.5) is 13.2 Å². The van der Waals surface area contributed by atoms with Gasteiger partial charge in [-0.05, 0) is 30.7 Å². The van der Waals surface area contributed by atoms with E-state index >= 15 is 0 Å². The minimum Gasteiger partial charge on any atom is -0.468 e. The van der Waals surface area contributed by atoms with E-state index in [0.717, 1.165) is 11.8 Å². The SMILES string of the molecule is CCOC=O.N=C/C=C\C(=C/N=C(N)c1ccccc1)c1ccc(OC(F)(F)F)cc1. The Morgan fingerprint density at radius 1 is 1.10 bits per heavy atom. The van der Waals surface area contributed by atoms with Crippen LogP contribution in [-0.2, 0) is 9.53 Å². The minimum atomic E-state index is -4.74. The van der Waals surface area contributed by atoms with Crippen molar-refractivity contribution in [3.8, 4) is 5.75 Å². The topological polar surface area (TPSA) is 97.8 Å². The summed E-state index contributed by atoms with van der Waals surface area (Å²) in [7, 11) is 0. The first-order valence-corrected chi connectivity index (χ1v) is 8.98. The Balaban J connectivity index is 0.000000861. The molecule has 0 saturated heterocycles. The van der Waals surface area contributed by atoms with Crippen molar-refractivity contribution < 1.29 is 27.4 Å². The molecular formula is C22H22F3N3O3. The summed E-state index contributed by atoms with van der Waals surface area (Å²) < 4.78 is 44.7. The van der Waals surface area contributed by atoms with Crippen LogP contribution < -0.4 is 10.5 Å². The highest BCUT2D eigenvalue weighted by Gasteiger charge is 2.30. The number of nitrogens with two attached hydrogens (primary N) is 1. The van der Waals surface area contributed by atoms with Crippen LogP contribution in [0.25, 0.3) is 5.57 Å². The van der Waals surface area contributed by atoms with Gasteiger partial charge in [0.2, 0.25) is 0 Å². The maximum atomic E-state index is 12.2. The fraction of sp³-hybridized carbons (Fsp3) is 0.136. The molecule has 2 aromatic rings. The zero-order valence-electron chi connectivity index (χ0n) is 16.7. The summed E-state index contributed by atoms with van der Waals surface area (Å²) in [5.41, 5.74) is 7.85. The maximum Gasteiger partial charge on any atom is 0.573 e. The van der Waals surface area contributed by atoms with Crippen molar-refractivity contribution in [2.75, 3.05) is 6.61 Å². The van der Waals surface area contributed by atoms with Crippen molar-refractivity contribution >= 4 is 24.1 Å². The molecule has 0 atom stereocenters. The molecule has 3 N–H and O–H groups in total. The van der Waals surface area contributed by atoms with Crippen LogP contribution in [0, 0.1) is 5.41 Å². The van der Waals surface area contributed by atoms with E-state index in [1.807, 2.05) is 30.3 Å². The van der Waals surface area contributed by atoms with Crippen LogP contribution in [0.15, 0.2) is 77.9 Å². The predicted molar refractivity (Wildman–Crippen MR) is 114 cm³/mol. The smallest absolute Gasteiger partial charge is 0.468 e. The lowest BCUT2D eigenvalue weighted by atomic mass is 10.1. The Bertz CT molecular complexity index is 907. The first kappa shape index (κ1) is 25.2. The van der Waals surface area contributed by atoms with Gasteiger partial charge in [0, 0.05) is 23.6 Å². The van der Waals surface area contributed by atoms with Gasteiger partial charge in [-0.2, -0.15) is 0 Å². The number of aliphatic imine (C=N–C) groups is 1. The highest BCUT2D eigenvalue weighted by atomic mass is 19.4.